The van der Waals surface area contributed by atoms with Crippen LogP contribution < -0.4 is 5.32 Å². The Labute approximate surface area is 94.9 Å². The summed E-state index contributed by atoms with van der Waals surface area (Å²) < 4.78 is 4.55. The number of rotatable bonds is 3. The van der Waals surface area contributed by atoms with E-state index in [2.05, 4.69) is 28.9 Å². The molecule has 1 aliphatic rings. The van der Waals surface area contributed by atoms with E-state index < -0.39 is 0 Å². The average molecular weight is 230 g/mol. The first-order valence-electron chi connectivity index (χ1n) is 5.01. The van der Waals surface area contributed by atoms with Crippen LogP contribution >= 0.6 is 11.8 Å². The minimum absolute atomic E-state index is 0.191. The fourth-order valence-electron chi connectivity index (χ4n) is 1.12. The summed E-state index contributed by atoms with van der Waals surface area (Å²) in [5.74, 6) is 0.876. The number of ether oxygens (including phenoxy) is 1. The van der Waals surface area contributed by atoms with Crippen LogP contribution in [0.1, 0.15) is 20.3 Å². The molecule has 1 N–H and O–H groups in total. The van der Waals surface area contributed by atoms with Crippen molar-refractivity contribution in [3.63, 3.8) is 0 Å². The van der Waals surface area contributed by atoms with Gasteiger partial charge >= 0.3 is 5.97 Å². The highest BCUT2D eigenvalue weighted by atomic mass is 32.2. The molecule has 0 saturated heterocycles. The number of nitrogens with one attached hydrogen (secondary N) is 1. The Hall–Kier alpha value is -0.710. The van der Waals surface area contributed by atoms with Crippen LogP contribution in [0.5, 0.6) is 0 Å². The molecule has 0 spiro atoms. The first-order valence-corrected chi connectivity index (χ1v) is 6.00. The average Bonchev–Trinajstić information content (AvgIpc) is 2.20. The molecule has 4 nitrogen and oxygen atoms in total. The molecule has 0 saturated carbocycles. The van der Waals surface area contributed by atoms with E-state index >= 15 is 0 Å². The second-order valence-corrected chi connectivity index (χ2v) is 5.29. The van der Waals surface area contributed by atoms with Crippen molar-refractivity contribution in [1.29, 1.82) is 0 Å². The second-order valence-electron chi connectivity index (χ2n) is 4.33. The molecule has 1 rings (SSSR count). The summed E-state index contributed by atoms with van der Waals surface area (Å²) in [6.07, 6.45) is 0.388. The molecule has 0 aromatic rings. The number of methoxy groups -OCH3 is 1. The van der Waals surface area contributed by atoms with E-state index in [1.165, 1.54) is 7.11 Å². The van der Waals surface area contributed by atoms with E-state index in [0.29, 0.717) is 13.0 Å². The van der Waals surface area contributed by atoms with Gasteiger partial charge in [0.25, 0.3) is 0 Å². The van der Waals surface area contributed by atoms with E-state index in [0.717, 1.165) is 17.5 Å². The molecule has 1 aliphatic heterocycles. The third-order valence-electron chi connectivity index (χ3n) is 2.08. The van der Waals surface area contributed by atoms with Crippen molar-refractivity contribution in [2.75, 3.05) is 26.0 Å². The van der Waals surface area contributed by atoms with Gasteiger partial charge in [-0.15, -0.1) is 0 Å². The van der Waals surface area contributed by atoms with Crippen LogP contribution in [0.4, 0.5) is 0 Å². The van der Waals surface area contributed by atoms with Crippen LogP contribution in [0.2, 0.25) is 0 Å². The van der Waals surface area contributed by atoms with Gasteiger partial charge in [-0.25, -0.2) is 0 Å². The number of hydrogen-bond donors (Lipinski definition) is 1. The van der Waals surface area contributed by atoms with Crippen LogP contribution in [-0.4, -0.2) is 37.1 Å². The molecule has 5 heteroatoms. The summed E-state index contributed by atoms with van der Waals surface area (Å²) in [7, 11) is 1.40. The van der Waals surface area contributed by atoms with Gasteiger partial charge in [0.2, 0.25) is 0 Å². The lowest BCUT2D eigenvalue weighted by atomic mass is 9.97. The van der Waals surface area contributed by atoms with Gasteiger partial charge in [0.1, 0.15) is 0 Å². The SMILES string of the molecule is COC(=O)CCNC1=NCC(C)(C)CS1. The summed E-state index contributed by atoms with van der Waals surface area (Å²) in [5.41, 5.74) is 0.290. The Morgan fingerprint density at radius 2 is 2.40 bits per heavy atom. The van der Waals surface area contributed by atoms with E-state index in [1.807, 2.05) is 0 Å². The highest BCUT2D eigenvalue weighted by Crippen LogP contribution is 2.26. The van der Waals surface area contributed by atoms with Crippen LogP contribution in [0.25, 0.3) is 0 Å². The summed E-state index contributed by atoms with van der Waals surface area (Å²) in [6, 6.07) is 0. The summed E-state index contributed by atoms with van der Waals surface area (Å²) in [6.45, 7) is 5.85. The summed E-state index contributed by atoms with van der Waals surface area (Å²) in [5, 5.41) is 4.08. The molecule has 15 heavy (non-hydrogen) atoms. The molecule has 0 unspecified atom stereocenters. The topological polar surface area (TPSA) is 50.7 Å². The van der Waals surface area contributed by atoms with E-state index in [1.54, 1.807) is 11.8 Å². The Balaban J connectivity index is 2.23. The molecule has 0 radical (unpaired) electrons. The highest BCUT2D eigenvalue weighted by Gasteiger charge is 2.23. The molecule has 0 fully saturated rings. The normalized spacial score (nSPS) is 19.3. The van der Waals surface area contributed by atoms with Gasteiger partial charge in [0.15, 0.2) is 5.17 Å². The van der Waals surface area contributed by atoms with Gasteiger partial charge in [-0.05, 0) is 5.41 Å². The number of thioether (sulfide) groups is 1. The van der Waals surface area contributed by atoms with Crippen molar-refractivity contribution in [2.24, 2.45) is 10.4 Å². The molecule has 0 aromatic heterocycles. The minimum atomic E-state index is -0.191. The van der Waals surface area contributed by atoms with E-state index in [4.69, 9.17) is 0 Å². The maximum atomic E-state index is 10.8. The van der Waals surface area contributed by atoms with E-state index in [9.17, 15) is 4.79 Å². The Morgan fingerprint density at radius 1 is 1.67 bits per heavy atom. The number of aliphatic imine (C=N–C) groups is 1. The highest BCUT2D eigenvalue weighted by molar-refractivity contribution is 8.13. The number of amidine groups is 1. The van der Waals surface area contributed by atoms with Gasteiger partial charge in [-0.2, -0.15) is 0 Å². The third kappa shape index (κ3) is 4.55. The molecular formula is C10H18N2O2S. The van der Waals surface area contributed by atoms with Gasteiger partial charge in [-0.3, -0.25) is 9.79 Å². The first kappa shape index (κ1) is 12.4. The zero-order valence-corrected chi connectivity index (χ0v) is 10.3. The van der Waals surface area contributed by atoms with Crippen molar-refractivity contribution in [3.8, 4) is 0 Å². The standard InChI is InChI=1S/C10H18N2O2S/c1-10(2)6-12-9(15-7-10)11-5-4-8(13)14-3/h4-7H2,1-3H3,(H,11,12). The zero-order valence-electron chi connectivity index (χ0n) is 9.50. The molecule has 0 bridgehead atoms. The third-order valence-corrected chi connectivity index (χ3v) is 3.56. The zero-order chi connectivity index (χ0) is 11.3. The van der Waals surface area contributed by atoms with Crippen LogP contribution in [0, 0.1) is 5.41 Å². The van der Waals surface area contributed by atoms with Crippen molar-refractivity contribution in [2.45, 2.75) is 20.3 Å². The number of carbonyl (C=O) groups excluding carboxylic acids is 1. The van der Waals surface area contributed by atoms with Gasteiger partial charge in [0, 0.05) is 18.8 Å². The molecule has 0 amide bonds. The second kappa shape index (κ2) is 5.39. The van der Waals surface area contributed by atoms with Gasteiger partial charge < -0.3 is 10.1 Å². The molecule has 86 valence electrons. The molecule has 0 aromatic carbocycles. The number of esters is 1. The number of carbonyl (C=O) groups is 1. The Bertz CT molecular complexity index is 264. The first-order chi connectivity index (χ1) is 7.03. The smallest absolute Gasteiger partial charge is 0.307 e. The van der Waals surface area contributed by atoms with E-state index in [-0.39, 0.29) is 11.4 Å². The lowest BCUT2D eigenvalue weighted by molar-refractivity contribution is -0.140. The largest absolute Gasteiger partial charge is 0.469 e. The minimum Gasteiger partial charge on any atom is -0.469 e. The van der Waals surface area contributed by atoms with Crippen LogP contribution in [0.3, 0.4) is 0 Å². The van der Waals surface area contributed by atoms with Crippen molar-refractivity contribution >= 4 is 22.9 Å². The van der Waals surface area contributed by atoms with Crippen molar-refractivity contribution in [1.82, 2.24) is 5.32 Å². The summed E-state index contributed by atoms with van der Waals surface area (Å²) in [4.78, 5) is 15.3. The van der Waals surface area contributed by atoms with Crippen LogP contribution in [-0.2, 0) is 9.53 Å². The number of nitrogens with zero attached hydrogens (tertiary/aromatic N) is 1. The fourth-order valence-corrected chi connectivity index (χ4v) is 2.10. The monoisotopic (exact) mass is 230 g/mol. The quantitative estimate of drug-likeness (QED) is 0.742. The lowest BCUT2D eigenvalue weighted by Crippen LogP contribution is -2.32. The van der Waals surface area contributed by atoms with Gasteiger partial charge in [-0.1, -0.05) is 25.6 Å². The maximum absolute atomic E-state index is 10.8. The molecular weight excluding hydrogens is 212 g/mol. The molecule has 0 aliphatic carbocycles. The number of hydrogen-bond acceptors (Lipinski definition) is 5. The van der Waals surface area contributed by atoms with Crippen LogP contribution in [0.15, 0.2) is 4.99 Å². The van der Waals surface area contributed by atoms with Crippen molar-refractivity contribution in [3.05, 3.63) is 0 Å². The van der Waals surface area contributed by atoms with Gasteiger partial charge in [0.05, 0.1) is 13.5 Å². The Kier molecular flexibility index (Phi) is 4.45. The lowest BCUT2D eigenvalue weighted by Gasteiger charge is -2.27. The predicted molar refractivity (Wildman–Crippen MR) is 63.2 cm³/mol. The maximum Gasteiger partial charge on any atom is 0.307 e. The molecule has 1 heterocycles. The molecule has 0 atom stereocenters. The Morgan fingerprint density at radius 3 is 2.93 bits per heavy atom. The fraction of sp³-hybridized carbons (Fsp3) is 0.800. The summed E-state index contributed by atoms with van der Waals surface area (Å²) >= 11 is 1.72. The van der Waals surface area contributed by atoms with Crippen molar-refractivity contribution < 1.29 is 9.53 Å². The predicted octanol–water partition coefficient (Wildman–Crippen LogP) is 1.27.